The summed E-state index contributed by atoms with van der Waals surface area (Å²) in [5.41, 5.74) is 5.40. The molecule has 2 rings (SSSR count). The average Bonchev–Trinajstić information content (AvgIpc) is 2.68. The highest BCUT2D eigenvalue weighted by molar-refractivity contribution is 7.99. The Morgan fingerprint density at radius 1 is 1.00 bits per heavy atom. The number of para-hydroxylation sites is 1. The van der Waals surface area contributed by atoms with Gasteiger partial charge in [0.15, 0.2) is 6.61 Å². The smallest absolute Gasteiger partial charge is 0.316 e. The molecule has 1 amide bonds. The van der Waals surface area contributed by atoms with Gasteiger partial charge >= 0.3 is 5.97 Å². The zero-order chi connectivity index (χ0) is 19.6. The third-order valence-electron chi connectivity index (χ3n) is 4.24. The van der Waals surface area contributed by atoms with Crippen molar-refractivity contribution in [3.05, 3.63) is 64.7 Å². The highest BCUT2D eigenvalue weighted by Gasteiger charge is 2.12. The number of hydrogen-bond acceptors (Lipinski definition) is 4. The van der Waals surface area contributed by atoms with Gasteiger partial charge < -0.3 is 10.1 Å². The van der Waals surface area contributed by atoms with Crippen LogP contribution in [-0.2, 0) is 32.9 Å². The lowest BCUT2D eigenvalue weighted by Gasteiger charge is -2.14. The van der Waals surface area contributed by atoms with Gasteiger partial charge in [-0.05, 0) is 36.5 Å². The van der Waals surface area contributed by atoms with Crippen LogP contribution in [0, 0.1) is 6.92 Å². The van der Waals surface area contributed by atoms with E-state index in [1.165, 1.54) is 22.9 Å². The van der Waals surface area contributed by atoms with Gasteiger partial charge in [-0.25, -0.2) is 0 Å². The van der Waals surface area contributed by atoms with E-state index in [0.717, 1.165) is 35.4 Å². The number of carbonyl (C=O) groups is 2. The van der Waals surface area contributed by atoms with Crippen LogP contribution in [0.1, 0.15) is 36.1 Å². The summed E-state index contributed by atoms with van der Waals surface area (Å²) in [6.45, 7) is 5.89. The minimum Gasteiger partial charge on any atom is -0.455 e. The molecule has 4 nitrogen and oxygen atoms in total. The predicted octanol–water partition coefficient (Wildman–Crippen LogP) is 4.53. The van der Waals surface area contributed by atoms with Crippen molar-refractivity contribution in [2.45, 2.75) is 39.4 Å². The molecule has 1 N–H and O–H groups in total. The van der Waals surface area contributed by atoms with Crippen LogP contribution in [0.3, 0.4) is 0 Å². The number of ether oxygens (including phenoxy) is 1. The molecule has 0 saturated carbocycles. The summed E-state index contributed by atoms with van der Waals surface area (Å²) in [5.74, 6) is 0.294. The number of benzene rings is 2. The van der Waals surface area contributed by atoms with Gasteiger partial charge in [0.25, 0.3) is 5.91 Å². The molecule has 0 aliphatic heterocycles. The van der Waals surface area contributed by atoms with Gasteiger partial charge in [0.05, 0.1) is 5.75 Å². The summed E-state index contributed by atoms with van der Waals surface area (Å²) in [4.78, 5) is 24.1. The SMILES string of the molecule is CCc1cccc(CC)c1NC(=O)COC(=O)CSCc1ccc(C)cc1. The van der Waals surface area contributed by atoms with E-state index in [0.29, 0.717) is 0 Å². The molecule has 5 heteroatoms. The van der Waals surface area contributed by atoms with Crippen LogP contribution in [0.4, 0.5) is 5.69 Å². The van der Waals surface area contributed by atoms with E-state index in [9.17, 15) is 9.59 Å². The van der Waals surface area contributed by atoms with Crippen molar-refractivity contribution in [2.24, 2.45) is 0 Å². The van der Waals surface area contributed by atoms with E-state index in [2.05, 4.69) is 43.4 Å². The molecule has 0 heterocycles. The summed E-state index contributed by atoms with van der Waals surface area (Å²) < 4.78 is 5.11. The largest absolute Gasteiger partial charge is 0.455 e. The van der Waals surface area contributed by atoms with E-state index in [1.54, 1.807) is 0 Å². The first kappa shape index (κ1) is 21.0. The van der Waals surface area contributed by atoms with Crippen LogP contribution < -0.4 is 5.32 Å². The van der Waals surface area contributed by atoms with Gasteiger partial charge in [0.2, 0.25) is 0 Å². The maximum atomic E-state index is 12.2. The van der Waals surface area contributed by atoms with Crippen molar-refractivity contribution in [1.29, 1.82) is 0 Å². The van der Waals surface area contributed by atoms with Crippen molar-refractivity contribution in [2.75, 3.05) is 17.7 Å². The van der Waals surface area contributed by atoms with Gasteiger partial charge in [0, 0.05) is 11.4 Å². The van der Waals surface area contributed by atoms with Crippen LogP contribution in [0.2, 0.25) is 0 Å². The third-order valence-corrected chi connectivity index (χ3v) is 5.21. The van der Waals surface area contributed by atoms with E-state index in [-0.39, 0.29) is 24.2 Å². The Labute approximate surface area is 165 Å². The molecule has 0 aromatic heterocycles. The number of anilines is 1. The quantitative estimate of drug-likeness (QED) is 0.644. The number of thioether (sulfide) groups is 1. The van der Waals surface area contributed by atoms with Crippen molar-refractivity contribution in [3.8, 4) is 0 Å². The minimum absolute atomic E-state index is 0.229. The van der Waals surface area contributed by atoms with Gasteiger partial charge in [-0.2, -0.15) is 0 Å². The zero-order valence-corrected chi connectivity index (χ0v) is 17.0. The monoisotopic (exact) mass is 385 g/mol. The summed E-state index contributed by atoms with van der Waals surface area (Å²) >= 11 is 1.48. The second-order valence-electron chi connectivity index (χ2n) is 6.35. The molecule has 0 aliphatic carbocycles. The van der Waals surface area contributed by atoms with Crippen molar-refractivity contribution >= 4 is 29.3 Å². The average molecular weight is 386 g/mol. The van der Waals surface area contributed by atoms with Gasteiger partial charge in [-0.15, -0.1) is 11.8 Å². The molecule has 0 bridgehead atoms. The number of carbonyl (C=O) groups excluding carboxylic acids is 2. The molecule has 0 atom stereocenters. The topological polar surface area (TPSA) is 55.4 Å². The van der Waals surface area contributed by atoms with Crippen LogP contribution in [-0.4, -0.2) is 24.2 Å². The number of hydrogen-bond donors (Lipinski definition) is 1. The summed E-state index contributed by atoms with van der Waals surface area (Å²) in [7, 11) is 0. The Balaban J connectivity index is 1.76. The lowest BCUT2D eigenvalue weighted by molar-refractivity contribution is -0.144. The van der Waals surface area contributed by atoms with Gasteiger partial charge in [0.1, 0.15) is 0 Å². The fraction of sp³-hybridized carbons (Fsp3) is 0.364. The van der Waals surface area contributed by atoms with E-state index in [1.807, 2.05) is 25.1 Å². The molecule has 2 aromatic rings. The molecule has 0 radical (unpaired) electrons. The first-order chi connectivity index (χ1) is 13.0. The Bertz CT molecular complexity index is 749. The Hall–Kier alpha value is -2.27. The number of aryl methyl sites for hydroxylation is 3. The molecule has 0 spiro atoms. The fourth-order valence-corrected chi connectivity index (χ4v) is 3.48. The maximum absolute atomic E-state index is 12.2. The van der Waals surface area contributed by atoms with Crippen molar-refractivity contribution in [1.82, 2.24) is 0 Å². The van der Waals surface area contributed by atoms with Gasteiger partial charge in [-0.1, -0.05) is 61.9 Å². The Kier molecular flexibility index (Phi) is 8.40. The number of nitrogens with one attached hydrogen (secondary N) is 1. The van der Waals surface area contributed by atoms with Crippen LogP contribution in [0.25, 0.3) is 0 Å². The van der Waals surface area contributed by atoms with Crippen LogP contribution >= 0.6 is 11.8 Å². The standard InChI is InChI=1S/C22H27NO3S/c1-4-18-7-6-8-19(5-2)22(18)23-20(24)13-26-21(25)15-27-14-17-11-9-16(3)10-12-17/h6-12H,4-5,13-15H2,1-3H3,(H,23,24). The number of rotatable bonds is 9. The molecular weight excluding hydrogens is 358 g/mol. The number of esters is 1. The first-order valence-electron chi connectivity index (χ1n) is 9.23. The van der Waals surface area contributed by atoms with Crippen LogP contribution in [0.15, 0.2) is 42.5 Å². The first-order valence-corrected chi connectivity index (χ1v) is 10.4. The van der Waals surface area contributed by atoms with E-state index in [4.69, 9.17) is 4.74 Å². The third kappa shape index (κ3) is 6.75. The van der Waals surface area contributed by atoms with E-state index < -0.39 is 0 Å². The predicted molar refractivity (Wildman–Crippen MR) is 112 cm³/mol. The normalized spacial score (nSPS) is 10.5. The Morgan fingerprint density at radius 2 is 1.63 bits per heavy atom. The van der Waals surface area contributed by atoms with Crippen LogP contribution in [0.5, 0.6) is 0 Å². The molecule has 0 unspecified atom stereocenters. The second-order valence-corrected chi connectivity index (χ2v) is 7.33. The van der Waals surface area contributed by atoms with Gasteiger partial charge in [-0.3, -0.25) is 9.59 Å². The second kappa shape index (κ2) is 10.8. The molecule has 27 heavy (non-hydrogen) atoms. The highest BCUT2D eigenvalue weighted by Crippen LogP contribution is 2.22. The van der Waals surface area contributed by atoms with E-state index >= 15 is 0 Å². The lowest BCUT2D eigenvalue weighted by Crippen LogP contribution is -2.23. The Morgan fingerprint density at radius 3 is 2.22 bits per heavy atom. The van der Waals surface area contributed by atoms with Crippen molar-refractivity contribution in [3.63, 3.8) is 0 Å². The highest BCUT2D eigenvalue weighted by atomic mass is 32.2. The summed E-state index contributed by atoms with van der Waals surface area (Å²) in [6, 6.07) is 14.2. The minimum atomic E-state index is -0.373. The molecule has 0 fully saturated rings. The molecule has 144 valence electrons. The molecule has 2 aromatic carbocycles. The maximum Gasteiger partial charge on any atom is 0.316 e. The summed E-state index contributed by atoms with van der Waals surface area (Å²) in [6.07, 6.45) is 1.66. The lowest BCUT2D eigenvalue weighted by atomic mass is 10.0. The number of amides is 1. The molecule has 0 saturated heterocycles. The van der Waals surface area contributed by atoms with Crippen molar-refractivity contribution < 1.29 is 14.3 Å². The molecular formula is C22H27NO3S. The fourth-order valence-electron chi connectivity index (χ4n) is 2.70. The summed E-state index contributed by atoms with van der Waals surface area (Å²) in [5, 5.41) is 2.90. The molecule has 0 aliphatic rings. The zero-order valence-electron chi connectivity index (χ0n) is 16.2.